The summed E-state index contributed by atoms with van der Waals surface area (Å²) in [6.07, 6.45) is 86.2. The van der Waals surface area contributed by atoms with Gasteiger partial charge in [-0.05, 0) is 83.5 Å². The Balaban J connectivity index is 3.44. The number of carbonyl (C=O) groups excluding carboxylic acids is 2. The lowest BCUT2D eigenvalue weighted by atomic mass is 10.0. The fourth-order valence-electron chi connectivity index (χ4n) is 9.29. The first kappa shape index (κ1) is 69.3. The Morgan fingerprint density at radius 1 is 0.333 bits per heavy atom. The molecule has 0 saturated carbocycles. The van der Waals surface area contributed by atoms with E-state index in [1.165, 1.54) is 225 Å². The highest BCUT2D eigenvalue weighted by molar-refractivity contribution is 5.70. The maximum Gasteiger partial charge on any atom is 0.306 e. The lowest BCUT2D eigenvalue weighted by Crippen LogP contribution is -2.28. The second-order valence-electron chi connectivity index (χ2n) is 21.1. The van der Waals surface area contributed by atoms with Crippen LogP contribution in [0.3, 0.4) is 0 Å². The molecule has 0 heterocycles. The third kappa shape index (κ3) is 59.9. The second kappa shape index (κ2) is 62.6. The van der Waals surface area contributed by atoms with Gasteiger partial charge in [-0.15, -0.1) is 0 Å². The van der Waals surface area contributed by atoms with Gasteiger partial charge in [0, 0.05) is 12.8 Å². The summed E-state index contributed by atoms with van der Waals surface area (Å²) >= 11 is 0. The van der Waals surface area contributed by atoms with Gasteiger partial charge in [-0.25, -0.2) is 0 Å². The van der Waals surface area contributed by atoms with Crippen LogP contribution in [0.15, 0.2) is 72.9 Å². The van der Waals surface area contributed by atoms with E-state index in [0.717, 1.165) is 70.6 Å². The van der Waals surface area contributed by atoms with Gasteiger partial charge < -0.3 is 14.6 Å². The summed E-state index contributed by atoms with van der Waals surface area (Å²) in [7, 11) is 0. The molecule has 0 aromatic rings. The molecule has 418 valence electrons. The van der Waals surface area contributed by atoms with Gasteiger partial charge in [0.15, 0.2) is 6.10 Å². The highest BCUT2D eigenvalue weighted by atomic mass is 16.6. The van der Waals surface area contributed by atoms with Crippen LogP contribution < -0.4 is 0 Å². The number of rotatable bonds is 58. The van der Waals surface area contributed by atoms with Crippen molar-refractivity contribution in [2.45, 2.75) is 328 Å². The topological polar surface area (TPSA) is 72.8 Å². The predicted molar refractivity (Wildman–Crippen MR) is 316 cm³/mol. The molecule has 0 fully saturated rings. The van der Waals surface area contributed by atoms with Gasteiger partial charge in [-0.2, -0.15) is 0 Å². The van der Waals surface area contributed by atoms with Crippen LogP contribution in [-0.4, -0.2) is 36.4 Å². The molecule has 0 aromatic heterocycles. The Hall–Kier alpha value is -2.66. The van der Waals surface area contributed by atoms with Crippen molar-refractivity contribution in [1.29, 1.82) is 0 Å². The highest BCUT2D eigenvalue weighted by Gasteiger charge is 2.16. The Morgan fingerprint density at radius 3 is 0.917 bits per heavy atom. The molecule has 0 amide bonds. The summed E-state index contributed by atoms with van der Waals surface area (Å²) in [5.41, 5.74) is 0. The molecule has 5 nitrogen and oxygen atoms in total. The molecule has 0 aromatic carbocycles. The van der Waals surface area contributed by atoms with Gasteiger partial charge in [0.1, 0.15) is 6.61 Å². The number of ether oxygens (including phenoxy) is 2. The van der Waals surface area contributed by atoms with Crippen LogP contribution in [0.1, 0.15) is 322 Å². The van der Waals surface area contributed by atoms with Crippen LogP contribution in [-0.2, 0) is 19.1 Å². The van der Waals surface area contributed by atoms with Crippen molar-refractivity contribution in [3.8, 4) is 0 Å². The van der Waals surface area contributed by atoms with E-state index in [0.29, 0.717) is 12.8 Å². The number of unbranched alkanes of at least 4 members (excludes halogenated alkanes) is 38. The fourth-order valence-corrected chi connectivity index (χ4v) is 9.29. The molecule has 0 aliphatic heterocycles. The zero-order chi connectivity index (χ0) is 52.0. The molecule has 0 aliphatic carbocycles. The summed E-state index contributed by atoms with van der Waals surface area (Å²) in [5.74, 6) is -0.586. The molecule has 0 radical (unpaired) electrons. The predicted octanol–water partition coefficient (Wildman–Crippen LogP) is 21.5. The standard InChI is InChI=1S/C67H120O5/c1-3-5-7-9-11-13-15-17-19-21-23-25-27-29-30-31-32-33-34-35-36-38-39-41-43-45-47-49-51-53-55-57-59-61-66(69)71-64-65(63-68)72-67(70)62-60-58-56-54-52-50-48-46-44-42-40-37-28-26-24-22-20-18-16-14-12-10-8-6-4-2/h6,8,12,14,18,20-21,23-24,26,37,40,65,68H,3-5,7,9-11,13,15-17,19,22,25,27-36,38-39,41-64H2,1-2H3/b8-6-,14-12-,20-18-,23-21-,26-24-,40-37-. The molecule has 1 atom stereocenters. The Bertz CT molecular complexity index is 1270. The van der Waals surface area contributed by atoms with Crippen molar-refractivity contribution in [3.63, 3.8) is 0 Å². The third-order valence-corrected chi connectivity index (χ3v) is 14.0. The van der Waals surface area contributed by atoms with Gasteiger partial charge in [0.2, 0.25) is 0 Å². The minimum atomic E-state index is -0.779. The molecular weight excluding hydrogens is 885 g/mol. The first-order valence-corrected chi connectivity index (χ1v) is 31.5. The molecule has 1 unspecified atom stereocenters. The Morgan fingerprint density at radius 2 is 0.597 bits per heavy atom. The quantitative estimate of drug-likeness (QED) is 0.0373. The minimum absolute atomic E-state index is 0.0677. The van der Waals surface area contributed by atoms with E-state index in [2.05, 4.69) is 86.8 Å². The molecular formula is C67H120O5. The van der Waals surface area contributed by atoms with Crippen molar-refractivity contribution in [2.75, 3.05) is 13.2 Å². The average molecular weight is 1010 g/mol. The van der Waals surface area contributed by atoms with Gasteiger partial charge in [-0.3, -0.25) is 9.59 Å². The number of aliphatic hydroxyl groups excluding tert-OH is 1. The number of esters is 2. The maximum atomic E-state index is 12.3. The molecule has 0 bridgehead atoms. The second-order valence-corrected chi connectivity index (χ2v) is 21.1. The zero-order valence-corrected chi connectivity index (χ0v) is 47.9. The number of hydrogen-bond acceptors (Lipinski definition) is 5. The van der Waals surface area contributed by atoms with Gasteiger partial charge >= 0.3 is 11.9 Å². The van der Waals surface area contributed by atoms with Gasteiger partial charge in [-0.1, -0.05) is 299 Å². The number of hydrogen-bond donors (Lipinski definition) is 1. The van der Waals surface area contributed by atoms with Crippen molar-refractivity contribution in [2.24, 2.45) is 0 Å². The van der Waals surface area contributed by atoms with Crippen LogP contribution in [0.25, 0.3) is 0 Å². The van der Waals surface area contributed by atoms with E-state index in [9.17, 15) is 14.7 Å². The maximum absolute atomic E-state index is 12.3. The van der Waals surface area contributed by atoms with Gasteiger partial charge in [0.25, 0.3) is 0 Å². The molecule has 72 heavy (non-hydrogen) atoms. The SMILES string of the molecule is CC/C=C\C/C=C\C/C=C\C/C=C\C/C=C\CCCCCCCCCCCC(=O)OC(CO)COC(=O)CCCCCCCCCCCCCCCCCCCCCCC/C=C\CCCCCCCCCC. The van der Waals surface area contributed by atoms with Crippen molar-refractivity contribution < 1.29 is 24.2 Å². The summed E-state index contributed by atoms with van der Waals surface area (Å²) in [6, 6.07) is 0. The van der Waals surface area contributed by atoms with E-state index in [-0.39, 0.29) is 25.2 Å². The van der Waals surface area contributed by atoms with Crippen molar-refractivity contribution in [3.05, 3.63) is 72.9 Å². The van der Waals surface area contributed by atoms with E-state index < -0.39 is 6.10 Å². The third-order valence-electron chi connectivity index (χ3n) is 14.0. The molecule has 0 saturated heterocycles. The summed E-state index contributed by atoms with van der Waals surface area (Å²) in [4.78, 5) is 24.6. The molecule has 1 N–H and O–H groups in total. The summed E-state index contributed by atoms with van der Waals surface area (Å²) in [6.45, 7) is 4.06. The van der Waals surface area contributed by atoms with Crippen molar-refractivity contribution >= 4 is 11.9 Å². The van der Waals surface area contributed by atoms with Gasteiger partial charge in [0.05, 0.1) is 6.61 Å². The van der Waals surface area contributed by atoms with Crippen molar-refractivity contribution in [1.82, 2.24) is 0 Å². The van der Waals surface area contributed by atoms with E-state index in [1.54, 1.807) is 0 Å². The van der Waals surface area contributed by atoms with E-state index >= 15 is 0 Å². The Kier molecular flexibility index (Phi) is 60.3. The molecule has 0 rings (SSSR count). The normalized spacial score (nSPS) is 12.7. The fraction of sp³-hybridized carbons (Fsp3) is 0.791. The first-order chi connectivity index (χ1) is 35.6. The monoisotopic (exact) mass is 1000 g/mol. The zero-order valence-electron chi connectivity index (χ0n) is 47.9. The molecule has 5 heteroatoms. The van der Waals surface area contributed by atoms with Crippen LogP contribution in [0, 0.1) is 0 Å². The summed E-state index contributed by atoms with van der Waals surface area (Å²) in [5, 5.41) is 9.67. The molecule has 0 spiro atoms. The highest BCUT2D eigenvalue weighted by Crippen LogP contribution is 2.17. The lowest BCUT2D eigenvalue weighted by Gasteiger charge is -2.15. The minimum Gasteiger partial charge on any atom is -0.462 e. The van der Waals surface area contributed by atoms with Crippen LogP contribution >= 0.6 is 0 Å². The number of allylic oxidation sites excluding steroid dienone is 12. The summed E-state index contributed by atoms with van der Waals surface area (Å²) < 4.78 is 10.7. The van der Waals surface area contributed by atoms with Crippen LogP contribution in [0.4, 0.5) is 0 Å². The average Bonchev–Trinajstić information content (AvgIpc) is 3.38. The first-order valence-electron chi connectivity index (χ1n) is 31.5. The van der Waals surface area contributed by atoms with E-state index in [4.69, 9.17) is 9.47 Å². The smallest absolute Gasteiger partial charge is 0.306 e. The lowest BCUT2D eigenvalue weighted by molar-refractivity contribution is -0.161. The van der Waals surface area contributed by atoms with Crippen LogP contribution in [0.5, 0.6) is 0 Å². The molecule has 0 aliphatic rings. The van der Waals surface area contributed by atoms with E-state index in [1.807, 2.05) is 0 Å². The Labute approximate surface area is 448 Å². The van der Waals surface area contributed by atoms with Crippen LogP contribution in [0.2, 0.25) is 0 Å². The number of carbonyl (C=O) groups is 2. The number of aliphatic hydroxyl groups is 1. The largest absolute Gasteiger partial charge is 0.462 e.